The number of anilines is 1. The molecule has 0 radical (unpaired) electrons. The fraction of sp³-hybridized carbons (Fsp3) is 0. The molecule has 92 valence electrons. The average Bonchev–Trinajstić information content (AvgIpc) is 2.39. The minimum atomic E-state index is -3.64. The number of nitrogens with zero attached hydrogens (tertiary/aromatic N) is 1. The van der Waals surface area contributed by atoms with Crippen LogP contribution < -0.4 is 4.72 Å². The van der Waals surface area contributed by atoms with Crippen molar-refractivity contribution < 1.29 is 13.2 Å². The number of rotatable bonds is 4. The van der Waals surface area contributed by atoms with Gasteiger partial charge in [-0.05, 0) is 24.3 Å². The minimum Gasteiger partial charge on any atom is -0.298 e. The zero-order chi connectivity index (χ0) is 13.0. The van der Waals surface area contributed by atoms with Gasteiger partial charge in [-0.25, -0.2) is 8.42 Å². The third kappa shape index (κ3) is 2.72. The number of aldehydes is 1. The number of carbonyl (C=O) groups excluding carboxylic acids is 1. The summed E-state index contributed by atoms with van der Waals surface area (Å²) in [6.45, 7) is 0. The van der Waals surface area contributed by atoms with Crippen molar-refractivity contribution in [2.24, 2.45) is 0 Å². The van der Waals surface area contributed by atoms with Gasteiger partial charge in [-0.1, -0.05) is 12.1 Å². The fourth-order valence-electron chi connectivity index (χ4n) is 1.36. The molecule has 2 rings (SSSR count). The van der Waals surface area contributed by atoms with Crippen molar-refractivity contribution in [2.45, 2.75) is 4.90 Å². The molecule has 0 aliphatic rings. The van der Waals surface area contributed by atoms with E-state index in [2.05, 4.69) is 9.71 Å². The van der Waals surface area contributed by atoms with Gasteiger partial charge in [0.2, 0.25) is 0 Å². The third-order valence-electron chi connectivity index (χ3n) is 2.24. The lowest BCUT2D eigenvalue weighted by molar-refractivity contribution is 0.112. The minimum absolute atomic E-state index is 0.0944. The predicted molar refractivity (Wildman–Crippen MR) is 66.9 cm³/mol. The first-order valence-corrected chi connectivity index (χ1v) is 6.58. The highest BCUT2D eigenvalue weighted by atomic mass is 32.2. The van der Waals surface area contributed by atoms with Crippen molar-refractivity contribution in [1.29, 1.82) is 0 Å². The molecule has 18 heavy (non-hydrogen) atoms. The van der Waals surface area contributed by atoms with Crippen molar-refractivity contribution >= 4 is 22.0 Å². The van der Waals surface area contributed by atoms with Crippen LogP contribution in [0.3, 0.4) is 0 Å². The molecule has 0 spiro atoms. The van der Waals surface area contributed by atoms with Crippen molar-refractivity contribution in [3.63, 3.8) is 0 Å². The molecule has 0 fully saturated rings. The molecule has 0 amide bonds. The van der Waals surface area contributed by atoms with E-state index < -0.39 is 10.0 Å². The van der Waals surface area contributed by atoms with Gasteiger partial charge < -0.3 is 0 Å². The third-order valence-corrected chi connectivity index (χ3v) is 3.64. The second kappa shape index (κ2) is 4.97. The van der Waals surface area contributed by atoms with Gasteiger partial charge in [0.05, 0.1) is 16.8 Å². The Bertz CT molecular complexity index is 637. The molecular formula is C12H10N2O3S. The highest BCUT2D eigenvalue weighted by molar-refractivity contribution is 7.92. The van der Waals surface area contributed by atoms with E-state index >= 15 is 0 Å². The highest BCUT2D eigenvalue weighted by Crippen LogP contribution is 2.15. The highest BCUT2D eigenvalue weighted by Gasteiger charge is 2.13. The van der Waals surface area contributed by atoms with Gasteiger partial charge in [0.1, 0.15) is 6.29 Å². The molecule has 0 aliphatic carbocycles. The van der Waals surface area contributed by atoms with Crippen LogP contribution in [0.15, 0.2) is 53.7 Å². The molecular weight excluding hydrogens is 252 g/mol. The number of nitrogens with one attached hydrogen (secondary N) is 1. The Balaban J connectivity index is 2.28. The largest absolute Gasteiger partial charge is 0.298 e. The summed E-state index contributed by atoms with van der Waals surface area (Å²) in [5.41, 5.74) is 0.812. The number of aromatic nitrogens is 1. The number of sulfonamides is 1. The molecule has 5 nitrogen and oxygen atoms in total. The van der Waals surface area contributed by atoms with Crippen LogP contribution in [0, 0.1) is 0 Å². The summed E-state index contributed by atoms with van der Waals surface area (Å²) in [4.78, 5) is 14.4. The molecule has 1 heterocycles. The van der Waals surface area contributed by atoms with E-state index in [9.17, 15) is 13.2 Å². The van der Waals surface area contributed by atoms with Crippen LogP contribution in [-0.2, 0) is 10.0 Å². The monoisotopic (exact) mass is 262 g/mol. The Morgan fingerprint density at radius 3 is 2.39 bits per heavy atom. The van der Waals surface area contributed by atoms with Crippen LogP contribution in [0.2, 0.25) is 0 Å². The molecule has 0 saturated heterocycles. The van der Waals surface area contributed by atoms with E-state index in [0.29, 0.717) is 17.5 Å². The Hall–Kier alpha value is -2.21. The molecule has 0 atom stereocenters. The summed E-state index contributed by atoms with van der Waals surface area (Å²) in [6, 6.07) is 8.89. The van der Waals surface area contributed by atoms with Crippen LogP contribution in [0.4, 0.5) is 5.69 Å². The number of benzene rings is 1. The van der Waals surface area contributed by atoms with Crippen LogP contribution in [0.5, 0.6) is 0 Å². The van der Waals surface area contributed by atoms with Gasteiger partial charge in [-0.3, -0.25) is 14.5 Å². The second-order valence-electron chi connectivity index (χ2n) is 3.53. The molecule has 1 aromatic carbocycles. The summed E-state index contributed by atoms with van der Waals surface area (Å²) < 4.78 is 26.3. The Morgan fingerprint density at radius 2 is 1.83 bits per heavy atom. The van der Waals surface area contributed by atoms with Gasteiger partial charge in [0.25, 0.3) is 10.0 Å². The van der Waals surface area contributed by atoms with Gasteiger partial charge >= 0.3 is 0 Å². The van der Waals surface area contributed by atoms with E-state index in [1.165, 1.54) is 30.5 Å². The van der Waals surface area contributed by atoms with Crippen molar-refractivity contribution in [1.82, 2.24) is 4.98 Å². The molecule has 0 saturated carbocycles. The standard InChI is InChI=1S/C12H10N2O3S/c15-9-10-3-5-12(6-4-10)18(16,17)14-11-2-1-7-13-8-11/h1-9,14H. The SMILES string of the molecule is O=Cc1ccc(S(=O)(=O)Nc2cccnc2)cc1. The van der Waals surface area contributed by atoms with Gasteiger partial charge in [0, 0.05) is 11.8 Å². The lowest BCUT2D eigenvalue weighted by atomic mass is 10.2. The number of hydrogen-bond donors (Lipinski definition) is 1. The van der Waals surface area contributed by atoms with Crippen molar-refractivity contribution in [3.05, 3.63) is 54.4 Å². The quantitative estimate of drug-likeness (QED) is 0.851. The van der Waals surface area contributed by atoms with E-state index in [-0.39, 0.29) is 4.90 Å². The topological polar surface area (TPSA) is 76.1 Å². The van der Waals surface area contributed by atoms with Gasteiger partial charge in [-0.15, -0.1) is 0 Å². The maximum absolute atomic E-state index is 12.0. The Kier molecular flexibility index (Phi) is 3.38. The first kappa shape index (κ1) is 12.3. The molecule has 1 aromatic heterocycles. The molecule has 0 bridgehead atoms. The van der Waals surface area contributed by atoms with E-state index in [4.69, 9.17) is 0 Å². The van der Waals surface area contributed by atoms with Crippen LogP contribution in [-0.4, -0.2) is 19.7 Å². The summed E-state index contributed by atoms with van der Waals surface area (Å²) in [5, 5.41) is 0. The number of hydrogen-bond acceptors (Lipinski definition) is 4. The van der Waals surface area contributed by atoms with Crippen LogP contribution in [0.25, 0.3) is 0 Å². The summed E-state index contributed by atoms with van der Waals surface area (Å²) in [5.74, 6) is 0. The van der Waals surface area contributed by atoms with Crippen molar-refractivity contribution in [3.8, 4) is 0 Å². The number of carbonyl (C=O) groups is 1. The normalized spacial score (nSPS) is 10.9. The lowest BCUT2D eigenvalue weighted by Gasteiger charge is -2.07. The van der Waals surface area contributed by atoms with E-state index in [1.807, 2.05) is 0 Å². The fourth-order valence-corrected chi connectivity index (χ4v) is 2.41. The predicted octanol–water partition coefficient (Wildman–Crippen LogP) is 1.69. The van der Waals surface area contributed by atoms with Gasteiger partial charge in [-0.2, -0.15) is 0 Å². The van der Waals surface area contributed by atoms with E-state index in [1.54, 1.807) is 18.3 Å². The first-order chi connectivity index (χ1) is 8.62. The number of pyridine rings is 1. The average molecular weight is 262 g/mol. The summed E-state index contributed by atoms with van der Waals surface area (Å²) >= 11 is 0. The summed E-state index contributed by atoms with van der Waals surface area (Å²) in [6.07, 6.45) is 3.62. The zero-order valence-corrected chi connectivity index (χ0v) is 10.1. The smallest absolute Gasteiger partial charge is 0.261 e. The van der Waals surface area contributed by atoms with Crippen LogP contribution in [0.1, 0.15) is 10.4 Å². The molecule has 0 aliphatic heterocycles. The first-order valence-electron chi connectivity index (χ1n) is 5.10. The Morgan fingerprint density at radius 1 is 1.11 bits per heavy atom. The lowest BCUT2D eigenvalue weighted by Crippen LogP contribution is -2.12. The molecule has 2 aromatic rings. The maximum Gasteiger partial charge on any atom is 0.261 e. The molecule has 1 N–H and O–H groups in total. The zero-order valence-electron chi connectivity index (χ0n) is 9.28. The molecule has 6 heteroatoms. The maximum atomic E-state index is 12.0. The Labute approximate surface area is 105 Å². The molecule has 0 unspecified atom stereocenters. The second-order valence-corrected chi connectivity index (χ2v) is 5.22. The summed E-state index contributed by atoms with van der Waals surface area (Å²) in [7, 11) is -3.64. The van der Waals surface area contributed by atoms with E-state index in [0.717, 1.165) is 0 Å². The van der Waals surface area contributed by atoms with Crippen LogP contribution >= 0.6 is 0 Å². The van der Waals surface area contributed by atoms with Crippen molar-refractivity contribution in [2.75, 3.05) is 4.72 Å². The van der Waals surface area contributed by atoms with Gasteiger partial charge in [0.15, 0.2) is 0 Å².